The zero-order chi connectivity index (χ0) is 14.0. The number of carbonyl (C=O) groups excluding carboxylic acids is 1. The van der Waals surface area contributed by atoms with Crippen molar-refractivity contribution in [3.05, 3.63) is 16.3 Å². The Bertz CT molecular complexity index is 460. The first-order valence-electron chi connectivity index (χ1n) is 6.11. The molecular weight excluding hydrogens is 286 g/mol. The van der Waals surface area contributed by atoms with Gasteiger partial charge >= 0.3 is 0 Å². The van der Waals surface area contributed by atoms with Crippen LogP contribution in [-0.4, -0.2) is 48.6 Å². The van der Waals surface area contributed by atoms with Gasteiger partial charge in [-0.3, -0.25) is 4.79 Å². The minimum absolute atomic E-state index is 0.0137. The first-order chi connectivity index (χ1) is 8.95. The Balaban J connectivity index is 2.13. The van der Waals surface area contributed by atoms with Crippen molar-refractivity contribution in [2.45, 2.75) is 25.6 Å². The molecule has 0 spiro atoms. The van der Waals surface area contributed by atoms with Crippen molar-refractivity contribution in [2.24, 2.45) is 0 Å². The Kier molecular flexibility index (Phi) is 4.38. The summed E-state index contributed by atoms with van der Waals surface area (Å²) in [5.41, 5.74) is -0.366. The molecule has 2 rings (SSSR count). The minimum Gasteiger partial charge on any atom is -0.496 e. The molecule has 1 aromatic rings. The van der Waals surface area contributed by atoms with Crippen molar-refractivity contribution < 1.29 is 14.3 Å². The van der Waals surface area contributed by atoms with E-state index in [2.05, 4.69) is 0 Å². The molecule has 0 aromatic carbocycles. The molecule has 1 aliphatic heterocycles. The van der Waals surface area contributed by atoms with Crippen molar-refractivity contribution in [2.75, 3.05) is 26.1 Å². The summed E-state index contributed by atoms with van der Waals surface area (Å²) in [6, 6.07) is 1.77. The molecular formula is C13H18ClNO3S. The van der Waals surface area contributed by atoms with Crippen LogP contribution < -0.4 is 4.74 Å². The molecule has 1 aliphatic rings. The number of thiophene rings is 1. The number of methoxy groups -OCH3 is 1. The maximum absolute atomic E-state index is 12.5. The smallest absolute Gasteiger partial charge is 0.264 e. The number of hydrogen-bond donors (Lipinski definition) is 0. The van der Waals surface area contributed by atoms with Crippen molar-refractivity contribution in [3.63, 3.8) is 0 Å². The van der Waals surface area contributed by atoms with Gasteiger partial charge in [0.15, 0.2) is 0 Å². The summed E-state index contributed by atoms with van der Waals surface area (Å²) < 4.78 is 10.9. The Morgan fingerprint density at radius 3 is 3.00 bits per heavy atom. The minimum atomic E-state index is -0.366. The second kappa shape index (κ2) is 5.69. The van der Waals surface area contributed by atoms with E-state index in [-0.39, 0.29) is 17.6 Å². The largest absolute Gasteiger partial charge is 0.496 e. The van der Waals surface area contributed by atoms with Gasteiger partial charge in [-0.15, -0.1) is 22.9 Å². The zero-order valence-corrected chi connectivity index (χ0v) is 12.9. The topological polar surface area (TPSA) is 38.8 Å². The fourth-order valence-corrected chi connectivity index (χ4v) is 3.21. The average Bonchev–Trinajstić information content (AvgIpc) is 2.84. The van der Waals surface area contributed by atoms with Gasteiger partial charge in [-0.25, -0.2) is 0 Å². The maximum atomic E-state index is 12.5. The number of morpholine rings is 1. The van der Waals surface area contributed by atoms with E-state index in [1.54, 1.807) is 13.2 Å². The lowest BCUT2D eigenvalue weighted by molar-refractivity contribution is -0.117. The highest BCUT2D eigenvalue weighted by Crippen LogP contribution is 2.27. The SMILES string of the molecule is COc1csc(C(=O)N2CC(CCl)OC(C)(C)C2)c1. The fourth-order valence-electron chi connectivity index (χ4n) is 2.22. The molecule has 0 radical (unpaired) electrons. The van der Waals surface area contributed by atoms with Gasteiger partial charge < -0.3 is 14.4 Å². The molecule has 1 unspecified atom stereocenters. The first kappa shape index (κ1) is 14.6. The van der Waals surface area contributed by atoms with Gasteiger partial charge in [0.2, 0.25) is 0 Å². The van der Waals surface area contributed by atoms with Crippen LogP contribution in [0.1, 0.15) is 23.5 Å². The molecule has 0 saturated carbocycles. The molecule has 4 nitrogen and oxygen atoms in total. The van der Waals surface area contributed by atoms with Crippen molar-refractivity contribution >= 4 is 28.8 Å². The predicted octanol–water partition coefficient (Wildman–Crippen LogP) is 2.62. The van der Waals surface area contributed by atoms with Gasteiger partial charge in [-0.05, 0) is 13.8 Å². The monoisotopic (exact) mass is 303 g/mol. The maximum Gasteiger partial charge on any atom is 0.264 e. The standard InChI is InChI=1S/C13H18ClNO3S/c1-13(2)8-15(6-10(5-14)18-13)12(16)11-4-9(17-3)7-19-11/h4,7,10H,5-6,8H2,1-3H3. The third-order valence-corrected chi connectivity index (χ3v) is 4.20. The molecule has 1 atom stereocenters. The number of nitrogens with zero attached hydrogens (tertiary/aromatic N) is 1. The third-order valence-electron chi connectivity index (χ3n) is 2.96. The number of amides is 1. The van der Waals surface area contributed by atoms with E-state index in [4.69, 9.17) is 21.1 Å². The Hall–Kier alpha value is -0.780. The van der Waals surface area contributed by atoms with Crippen LogP contribution in [0.2, 0.25) is 0 Å². The molecule has 2 heterocycles. The van der Waals surface area contributed by atoms with Crippen LogP contribution >= 0.6 is 22.9 Å². The zero-order valence-electron chi connectivity index (χ0n) is 11.3. The van der Waals surface area contributed by atoms with Crippen LogP contribution in [0.15, 0.2) is 11.4 Å². The van der Waals surface area contributed by atoms with E-state index in [1.807, 2.05) is 24.1 Å². The van der Waals surface area contributed by atoms with Crippen LogP contribution in [0.4, 0.5) is 0 Å². The number of carbonyl (C=O) groups is 1. The summed E-state index contributed by atoms with van der Waals surface area (Å²) in [6.45, 7) is 5.05. The van der Waals surface area contributed by atoms with Crippen molar-refractivity contribution in [1.29, 1.82) is 0 Å². The van der Waals surface area contributed by atoms with Gasteiger partial charge in [0.1, 0.15) is 5.75 Å². The Labute approximate surface area is 122 Å². The summed E-state index contributed by atoms with van der Waals surface area (Å²) in [7, 11) is 1.59. The van der Waals surface area contributed by atoms with Crippen LogP contribution in [0.5, 0.6) is 5.75 Å². The molecule has 6 heteroatoms. The lowest BCUT2D eigenvalue weighted by Gasteiger charge is -2.42. The summed E-state index contributed by atoms with van der Waals surface area (Å²) in [5.74, 6) is 1.12. The second-order valence-electron chi connectivity index (χ2n) is 5.19. The van der Waals surface area contributed by atoms with Gasteiger partial charge in [-0.1, -0.05) is 0 Å². The lowest BCUT2D eigenvalue weighted by Crippen LogP contribution is -2.55. The quantitative estimate of drug-likeness (QED) is 0.806. The summed E-state index contributed by atoms with van der Waals surface area (Å²) >= 11 is 7.26. The molecule has 0 aliphatic carbocycles. The normalized spacial score (nSPS) is 22.3. The highest BCUT2D eigenvalue weighted by molar-refractivity contribution is 7.12. The van der Waals surface area contributed by atoms with Gasteiger partial charge in [-0.2, -0.15) is 0 Å². The molecule has 1 amide bonds. The number of rotatable bonds is 3. The Morgan fingerprint density at radius 2 is 2.42 bits per heavy atom. The van der Waals surface area contributed by atoms with Gasteiger partial charge in [0.05, 0.1) is 29.6 Å². The highest BCUT2D eigenvalue weighted by Gasteiger charge is 2.35. The van der Waals surface area contributed by atoms with E-state index in [0.29, 0.717) is 23.8 Å². The second-order valence-corrected chi connectivity index (χ2v) is 6.41. The van der Waals surface area contributed by atoms with Crippen molar-refractivity contribution in [1.82, 2.24) is 4.90 Å². The summed E-state index contributed by atoms with van der Waals surface area (Å²) in [4.78, 5) is 15.0. The molecule has 1 aromatic heterocycles. The van der Waals surface area contributed by atoms with Crippen LogP contribution in [0.25, 0.3) is 0 Å². The van der Waals surface area contributed by atoms with Crippen LogP contribution in [0, 0.1) is 0 Å². The lowest BCUT2D eigenvalue weighted by atomic mass is 10.1. The first-order valence-corrected chi connectivity index (χ1v) is 7.52. The summed E-state index contributed by atoms with van der Waals surface area (Å²) in [5, 5.41) is 1.83. The molecule has 1 fully saturated rings. The Morgan fingerprint density at radius 1 is 1.68 bits per heavy atom. The van der Waals surface area contributed by atoms with E-state index in [9.17, 15) is 4.79 Å². The van der Waals surface area contributed by atoms with Crippen LogP contribution in [0.3, 0.4) is 0 Å². The molecule has 1 saturated heterocycles. The number of halogens is 1. The van der Waals surface area contributed by atoms with Gasteiger partial charge in [0.25, 0.3) is 5.91 Å². The summed E-state index contributed by atoms with van der Waals surface area (Å²) in [6.07, 6.45) is -0.115. The fraction of sp³-hybridized carbons (Fsp3) is 0.615. The van der Waals surface area contributed by atoms with Crippen LogP contribution in [-0.2, 0) is 4.74 Å². The highest BCUT2D eigenvalue weighted by atomic mass is 35.5. The molecule has 19 heavy (non-hydrogen) atoms. The van der Waals surface area contributed by atoms with E-state index < -0.39 is 0 Å². The molecule has 0 N–H and O–H groups in total. The number of ether oxygens (including phenoxy) is 2. The predicted molar refractivity (Wildman–Crippen MR) is 76.4 cm³/mol. The molecule has 106 valence electrons. The van der Waals surface area contributed by atoms with Crippen molar-refractivity contribution in [3.8, 4) is 5.75 Å². The third kappa shape index (κ3) is 3.41. The number of hydrogen-bond acceptors (Lipinski definition) is 4. The van der Waals surface area contributed by atoms with E-state index in [1.165, 1.54) is 11.3 Å². The van der Waals surface area contributed by atoms with E-state index in [0.717, 1.165) is 5.75 Å². The molecule has 0 bridgehead atoms. The van der Waals surface area contributed by atoms with Gasteiger partial charge in [0, 0.05) is 24.5 Å². The van der Waals surface area contributed by atoms with E-state index >= 15 is 0 Å². The average molecular weight is 304 g/mol. The number of alkyl halides is 1.